The van der Waals surface area contributed by atoms with Gasteiger partial charge in [0, 0.05) is 39.3 Å². The number of hydrogen-bond acceptors (Lipinski definition) is 9. The molecule has 0 saturated carbocycles. The molecule has 2 saturated heterocycles. The van der Waals surface area contributed by atoms with Crippen LogP contribution in [0.3, 0.4) is 0 Å². The van der Waals surface area contributed by atoms with E-state index in [9.17, 15) is 9.90 Å². The van der Waals surface area contributed by atoms with E-state index >= 15 is 0 Å². The van der Waals surface area contributed by atoms with Crippen molar-refractivity contribution < 1.29 is 28.8 Å². The van der Waals surface area contributed by atoms with E-state index in [0.717, 1.165) is 72.9 Å². The lowest BCUT2D eigenvalue weighted by atomic mass is 10.2. The number of anilines is 1. The summed E-state index contributed by atoms with van der Waals surface area (Å²) >= 11 is 0. The van der Waals surface area contributed by atoms with Crippen LogP contribution in [0.4, 0.5) is 10.7 Å². The fraction of sp³-hybridized carbons (Fsp3) is 0.576. The van der Waals surface area contributed by atoms with Gasteiger partial charge in [0.15, 0.2) is 11.5 Å². The Hall–Kier alpha value is -3.54. The second-order valence-electron chi connectivity index (χ2n) is 12.3. The Bertz CT molecular complexity index is 1380. The van der Waals surface area contributed by atoms with Crippen molar-refractivity contribution in [2.45, 2.75) is 71.4 Å². The molecule has 2 N–H and O–H groups in total. The molecule has 3 heterocycles. The van der Waals surface area contributed by atoms with E-state index in [1.807, 2.05) is 70.2 Å². The fourth-order valence-corrected chi connectivity index (χ4v) is 5.65. The van der Waals surface area contributed by atoms with Crippen LogP contribution in [0, 0.1) is 0 Å². The van der Waals surface area contributed by atoms with Crippen LogP contribution in [0.25, 0.3) is 11.0 Å². The minimum absolute atomic E-state index is 0.0194. The van der Waals surface area contributed by atoms with Crippen LogP contribution in [0.2, 0.25) is 0 Å². The van der Waals surface area contributed by atoms with Crippen molar-refractivity contribution >= 4 is 23.1 Å². The number of para-hydroxylation sites is 2. The average Bonchev–Trinajstić information content (AvgIpc) is 3.63. The monoisotopic (exact) mass is 609 g/mol. The molecule has 11 heteroatoms. The third-order valence-corrected chi connectivity index (χ3v) is 7.83. The number of carbonyl (C=O) groups excluding carboxylic acids is 1. The van der Waals surface area contributed by atoms with Crippen molar-refractivity contribution in [2.24, 2.45) is 0 Å². The molecule has 3 aromatic rings. The normalized spacial score (nSPS) is 19.3. The molecule has 1 aromatic heterocycles. The fourth-order valence-electron chi connectivity index (χ4n) is 5.65. The molecule has 2 atom stereocenters. The quantitative estimate of drug-likeness (QED) is 0.273. The van der Waals surface area contributed by atoms with Crippen LogP contribution in [0.15, 0.2) is 42.5 Å². The SMILES string of the molecule is CCOc1ccc(CNc2nc3ccccc3n2[C@H]2CC[C@@H](CO)O2)cc1OCCCN1CCN(C(=O)OC(C)(C)C)CC1. The van der Waals surface area contributed by atoms with Gasteiger partial charge in [-0.1, -0.05) is 18.2 Å². The Morgan fingerprint density at radius 3 is 2.59 bits per heavy atom. The van der Waals surface area contributed by atoms with Gasteiger partial charge in [0.05, 0.1) is 37.0 Å². The Morgan fingerprint density at radius 1 is 1.07 bits per heavy atom. The van der Waals surface area contributed by atoms with Crippen LogP contribution < -0.4 is 14.8 Å². The summed E-state index contributed by atoms with van der Waals surface area (Å²) in [5.74, 6) is 2.18. The maximum atomic E-state index is 12.3. The zero-order chi connectivity index (χ0) is 31.1. The summed E-state index contributed by atoms with van der Waals surface area (Å²) in [5.41, 5.74) is 2.46. The molecular weight excluding hydrogens is 562 g/mol. The van der Waals surface area contributed by atoms with Crippen LogP contribution in [0.1, 0.15) is 58.7 Å². The predicted molar refractivity (Wildman–Crippen MR) is 169 cm³/mol. The third kappa shape index (κ3) is 8.13. The minimum atomic E-state index is -0.481. The first-order valence-corrected chi connectivity index (χ1v) is 15.8. The second-order valence-corrected chi connectivity index (χ2v) is 12.3. The Kier molecular flexibility index (Phi) is 10.5. The molecule has 2 aliphatic rings. The van der Waals surface area contributed by atoms with Gasteiger partial charge in [-0.15, -0.1) is 0 Å². The topological polar surface area (TPSA) is 111 Å². The van der Waals surface area contributed by atoms with Crippen molar-refractivity contribution in [3.8, 4) is 11.5 Å². The Labute approximate surface area is 260 Å². The molecule has 1 amide bonds. The molecule has 2 aromatic carbocycles. The highest BCUT2D eigenvalue weighted by Gasteiger charge is 2.29. The summed E-state index contributed by atoms with van der Waals surface area (Å²) in [6.45, 7) is 13.2. The molecular formula is C33H47N5O6. The first-order chi connectivity index (χ1) is 21.2. The number of fused-ring (bicyclic) bond motifs is 1. The van der Waals surface area contributed by atoms with Gasteiger partial charge < -0.3 is 34.3 Å². The largest absolute Gasteiger partial charge is 0.490 e. The number of rotatable bonds is 12. The molecule has 240 valence electrons. The van der Waals surface area contributed by atoms with Gasteiger partial charge in [0.2, 0.25) is 5.95 Å². The standard InChI is InChI=1S/C33H47N5O6/c1-5-41-28-13-11-24(21-29(28)42-20-8-15-36-16-18-37(19-17-36)32(40)44-33(2,3)4)22-34-31-35-26-9-6-7-10-27(26)38(31)30-14-12-25(23-39)43-30/h6-7,9-11,13,21,25,30,39H,5,8,12,14-20,22-23H2,1-4H3,(H,34,35)/t25-,30+/m0/s1. The Morgan fingerprint density at radius 2 is 1.86 bits per heavy atom. The second kappa shape index (κ2) is 14.5. The number of imidazole rings is 1. The van der Waals surface area contributed by atoms with Gasteiger partial charge in [-0.25, -0.2) is 9.78 Å². The number of aliphatic hydroxyl groups is 1. The molecule has 44 heavy (non-hydrogen) atoms. The van der Waals surface area contributed by atoms with Gasteiger partial charge in [-0.3, -0.25) is 9.47 Å². The van der Waals surface area contributed by atoms with E-state index in [0.29, 0.717) is 32.8 Å². The summed E-state index contributed by atoms with van der Waals surface area (Å²) in [5, 5.41) is 13.1. The summed E-state index contributed by atoms with van der Waals surface area (Å²) in [7, 11) is 0. The van der Waals surface area contributed by atoms with Crippen LogP contribution in [0.5, 0.6) is 11.5 Å². The van der Waals surface area contributed by atoms with Crippen LogP contribution in [-0.4, -0.2) is 94.8 Å². The highest BCUT2D eigenvalue weighted by atomic mass is 16.6. The number of hydrogen-bond donors (Lipinski definition) is 2. The van der Waals surface area contributed by atoms with Gasteiger partial charge in [0.1, 0.15) is 11.8 Å². The van der Waals surface area contributed by atoms with Gasteiger partial charge >= 0.3 is 6.09 Å². The summed E-state index contributed by atoms with van der Waals surface area (Å²) < 4.78 is 25.8. The summed E-state index contributed by atoms with van der Waals surface area (Å²) in [4.78, 5) is 21.3. The molecule has 2 aliphatic heterocycles. The van der Waals surface area contributed by atoms with Gasteiger partial charge in [0.25, 0.3) is 0 Å². The van der Waals surface area contributed by atoms with E-state index in [4.69, 9.17) is 23.9 Å². The molecule has 0 bridgehead atoms. The maximum Gasteiger partial charge on any atom is 0.410 e. The predicted octanol–water partition coefficient (Wildman–Crippen LogP) is 5.04. The van der Waals surface area contributed by atoms with E-state index in [2.05, 4.69) is 14.8 Å². The number of ether oxygens (including phenoxy) is 4. The number of aliphatic hydroxyl groups excluding tert-OH is 1. The zero-order valence-electron chi connectivity index (χ0n) is 26.5. The number of carbonyl (C=O) groups is 1. The highest BCUT2D eigenvalue weighted by Crippen LogP contribution is 2.35. The van der Waals surface area contributed by atoms with Crippen LogP contribution in [-0.2, 0) is 16.0 Å². The number of benzene rings is 2. The van der Waals surface area contributed by atoms with E-state index in [-0.39, 0.29) is 25.0 Å². The number of nitrogens with one attached hydrogen (secondary N) is 1. The molecule has 0 spiro atoms. The number of piperazine rings is 1. The van der Waals surface area contributed by atoms with Crippen molar-refractivity contribution in [2.75, 3.05) is 57.9 Å². The number of nitrogens with zero attached hydrogens (tertiary/aromatic N) is 4. The lowest BCUT2D eigenvalue weighted by Gasteiger charge is -2.35. The van der Waals surface area contributed by atoms with Crippen molar-refractivity contribution in [3.63, 3.8) is 0 Å². The van der Waals surface area contributed by atoms with Gasteiger partial charge in [-0.05, 0) is 76.8 Å². The van der Waals surface area contributed by atoms with E-state index in [1.54, 1.807) is 4.90 Å². The summed E-state index contributed by atoms with van der Waals surface area (Å²) in [6, 6.07) is 14.1. The maximum absolute atomic E-state index is 12.3. The van der Waals surface area contributed by atoms with Gasteiger partial charge in [-0.2, -0.15) is 0 Å². The smallest absolute Gasteiger partial charge is 0.410 e. The number of aromatic nitrogens is 2. The summed E-state index contributed by atoms with van der Waals surface area (Å²) in [6.07, 6.45) is 1.93. The third-order valence-electron chi connectivity index (χ3n) is 7.83. The lowest BCUT2D eigenvalue weighted by molar-refractivity contribution is -0.0195. The molecule has 0 aliphatic carbocycles. The lowest BCUT2D eigenvalue weighted by Crippen LogP contribution is -2.50. The molecule has 2 fully saturated rings. The Balaban J connectivity index is 1.16. The minimum Gasteiger partial charge on any atom is -0.490 e. The van der Waals surface area contributed by atoms with E-state index in [1.165, 1.54) is 0 Å². The van der Waals surface area contributed by atoms with Crippen molar-refractivity contribution in [1.29, 1.82) is 0 Å². The zero-order valence-corrected chi connectivity index (χ0v) is 26.5. The van der Waals surface area contributed by atoms with E-state index < -0.39 is 5.60 Å². The van der Waals surface area contributed by atoms with Crippen molar-refractivity contribution in [1.82, 2.24) is 19.4 Å². The highest BCUT2D eigenvalue weighted by molar-refractivity contribution is 5.78. The molecule has 5 rings (SSSR count). The molecule has 11 nitrogen and oxygen atoms in total. The van der Waals surface area contributed by atoms with Crippen LogP contribution >= 0.6 is 0 Å². The first kappa shape index (κ1) is 31.9. The first-order valence-electron chi connectivity index (χ1n) is 15.8. The molecule has 0 unspecified atom stereocenters. The average molecular weight is 610 g/mol. The van der Waals surface area contributed by atoms with Crippen molar-refractivity contribution in [3.05, 3.63) is 48.0 Å². The molecule has 0 radical (unpaired) electrons. The number of amides is 1.